The third-order valence-electron chi connectivity index (χ3n) is 6.43. The molecule has 6 rings (SSSR count). The van der Waals surface area contributed by atoms with Crippen molar-refractivity contribution < 1.29 is 41.5 Å². The standard InChI is InChI=1S/C10H8FNO3.C7H12FNO.C7H5NO2.C4H9N.C3H5FO2/c1-6(11)9(13)12-7-4-2-3-5-8(7)15-10(12)14;1-6(8)7(10)9-4-2-3-5-9;9-7-8-5-3-1-2-4-6(5)10-7;1-2-4-5-3-1;1-2(4)3(5)6/h2-6H,1H3;6H,2-5H2,1H3;1-4H,(H,8,9);5H,1-4H2;2H,1H3,(H,5,6). The lowest BCUT2D eigenvalue weighted by atomic mass is 10.3. The highest BCUT2D eigenvalue weighted by Gasteiger charge is 2.22. The maximum absolute atomic E-state index is 12.8. The fourth-order valence-electron chi connectivity index (χ4n) is 4.06. The van der Waals surface area contributed by atoms with E-state index in [1.165, 1.54) is 38.9 Å². The summed E-state index contributed by atoms with van der Waals surface area (Å²) in [6, 6.07) is 13.6. The molecule has 2 aromatic heterocycles. The number of carbonyl (C=O) groups is 3. The van der Waals surface area contributed by atoms with Crippen molar-refractivity contribution in [2.75, 3.05) is 26.2 Å². The average molecular weight is 653 g/mol. The van der Waals surface area contributed by atoms with E-state index in [2.05, 4.69) is 10.3 Å². The summed E-state index contributed by atoms with van der Waals surface area (Å²) in [7, 11) is 0. The first-order valence-electron chi connectivity index (χ1n) is 14.7. The Hall–Kier alpha value is -4.66. The Morgan fingerprint density at radius 3 is 1.76 bits per heavy atom. The zero-order valence-electron chi connectivity index (χ0n) is 25.8. The second-order valence-electron chi connectivity index (χ2n) is 10.2. The van der Waals surface area contributed by atoms with Crippen molar-refractivity contribution in [3.05, 3.63) is 69.6 Å². The molecule has 2 aliphatic rings. The molecule has 0 radical (unpaired) electrons. The van der Waals surface area contributed by atoms with Gasteiger partial charge in [0.2, 0.25) is 0 Å². The molecule has 4 heterocycles. The number of aromatic amines is 1. The van der Waals surface area contributed by atoms with Gasteiger partial charge in [-0.3, -0.25) is 14.6 Å². The topological polar surface area (TPSA) is 168 Å². The van der Waals surface area contributed by atoms with Crippen LogP contribution in [0.25, 0.3) is 22.2 Å². The summed E-state index contributed by atoms with van der Waals surface area (Å²) in [4.78, 5) is 57.6. The number of halogens is 3. The molecule has 0 bridgehead atoms. The van der Waals surface area contributed by atoms with E-state index in [4.69, 9.17) is 13.9 Å². The predicted octanol–water partition coefficient (Wildman–Crippen LogP) is 4.48. The number of fused-ring (bicyclic) bond motifs is 2. The van der Waals surface area contributed by atoms with Crippen molar-refractivity contribution in [2.24, 2.45) is 0 Å². The van der Waals surface area contributed by atoms with E-state index >= 15 is 0 Å². The van der Waals surface area contributed by atoms with Crippen LogP contribution < -0.4 is 16.8 Å². The van der Waals surface area contributed by atoms with Crippen LogP contribution in [0.3, 0.4) is 0 Å². The molecule has 252 valence electrons. The van der Waals surface area contributed by atoms with E-state index in [9.17, 15) is 37.1 Å². The highest BCUT2D eigenvalue weighted by Crippen LogP contribution is 2.13. The van der Waals surface area contributed by atoms with Crippen molar-refractivity contribution >= 4 is 40.0 Å². The Morgan fingerprint density at radius 2 is 1.28 bits per heavy atom. The SMILES string of the molecule is C1CCNC1.CC(F)C(=O)N1CCCC1.CC(F)C(=O)O.CC(F)C(=O)n1c(=O)oc2ccccc21.O=c1[nH]c2ccccc2o1. The molecule has 3 atom stereocenters. The normalized spacial score (nSPS) is 15.5. The summed E-state index contributed by atoms with van der Waals surface area (Å²) in [6.45, 7) is 7.33. The molecule has 2 aromatic carbocycles. The number of carbonyl (C=O) groups excluding carboxylic acids is 2. The number of hydrogen-bond donors (Lipinski definition) is 3. The second kappa shape index (κ2) is 19.0. The zero-order chi connectivity index (χ0) is 34.2. The summed E-state index contributed by atoms with van der Waals surface area (Å²) in [6.07, 6.45) is 0.0449. The van der Waals surface area contributed by atoms with E-state index in [1.54, 1.807) is 35.2 Å². The molecular formula is C31H39F3N4O8. The minimum absolute atomic E-state index is 0.275. The average Bonchev–Trinajstić information content (AvgIpc) is 3.84. The van der Waals surface area contributed by atoms with Crippen LogP contribution in [-0.2, 0) is 9.59 Å². The first-order chi connectivity index (χ1) is 21.8. The molecule has 2 fully saturated rings. The number of nitrogens with one attached hydrogen (secondary N) is 2. The van der Waals surface area contributed by atoms with E-state index in [0.717, 1.165) is 45.3 Å². The van der Waals surface area contributed by atoms with Crippen LogP contribution in [0, 0.1) is 0 Å². The number of oxazole rings is 2. The van der Waals surface area contributed by atoms with Crippen molar-refractivity contribution in [1.29, 1.82) is 0 Å². The number of amides is 1. The number of benzene rings is 2. The molecule has 15 heteroatoms. The summed E-state index contributed by atoms with van der Waals surface area (Å²) in [5.41, 5.74) is 1.91. The highest BCUT2D eigenvalue weighted by atomic mass is 19.1. The van der Waals surface area contributed by atoms with Crippen LogP contribution in [0.15, 0.2) is 67.0 Å². The monoisotopic (exact) mass is 652 g/mol. The summed E-state index contributed by atoms with van der Waals surface area (Å²) < 4.78 is 46.7. The minimum atomic E-state index is -1.73. The lowest BCUT2D eigenvalue weighted by molar-refractivity contribution is -0.142. The van der Waals surface area contributed by atoms with Crippen LogP contribution >= 0.6 is 0 Å². The van der Waals surface area contributed by atoms with Gasteiger partial charge in [-0.05, 0) is 83.8 Å². The minimum Gasteiger partial charge on any atom is -0.479 e. The highest BCUT2D eigenvalue weighted by molar-refractivity contribution is 5.91. The molecule has 0 aliphatic carbocycles. The number of H-pyrrole nitrogens is 1. The number of likely N-dealkylation sites (tertiary alicyclic amines) is 1. The Bertz CT molecular complexity index is 1600. The smallest absolute Gasteiger partial charge is 0.426 e. The van der Waals surface area contributed by atoms with Gasteiger partial charge in [0, 0.05) is 13.1 Å². The number of aromatic nitrogens is 2. The lowest BCUT2D eigenvalue weighted by Crippen LogP contribution is -2.33. The van der Waals surface area contributed by atoms with Gasteiger partial charge < -0.3 is 24.2 Å². The van der Waals surface area contributed by atoms with Gasteiger partial charge in [0.15, 0.2) is 29.7 Å². The number of nitrogens with zero attached hydrogens (tertiary/aromatic N) is 2. The van der Waals surface area contributed by atoms with Crippen LogP contribution in [0.5, 0.6) is 0 Å². The van der Waals surface area contributed by atoms with Gasteiger partial charge in [-0.25, -0.2) is 32.1 Å². The quantitative estimate of drug-likeness (QED) is 0.289. The van der Waals surface area contributed by atoms with Crippen molar-refractivity contribution in [3.8, 4) is 0 Å². The molecule has 46 heavy (non-hydrogen) atoms. The van der Waals surface area contributed by atoms with Crippen LogP contribution in [-0.4, -0.2) is 82.0 Å². The molecule has 4 aromatic rings. The number of carboxylic acid groups (broad SMARTS) is 1. The van der Waals surface area contributed by atoms with Crippen LogP contribution in [0.2, 0.25) is 0 Å². The fourth-order valence-corrected chi connectivity index (χ4v) is 4.06. The van der Waals surface area contributed by atoms with Gasteiger partial charge in [-0.1, -0.05) is 24.3 Å². The van der Waals surface area contributed by atoms with Gasteiger partial charge >= 0.3 is 17.5 Å². The van der Waals surface area contributed by atoms with E-state index < -0.39 is 41.9 Å². The fraction of sp³-hybridized carbons (Fsp3) is 0.452. The van der Waals surface area contributed by atoms with Crippen molar-refractivity contribution in [2.45, 2.75) is 65.0 Å². The molecule has 3 N–H and O–H groups in total. The molecule has 1 amide bonds. The van der Waals surface area contributed by atoms with Gasteiger partial charge in [0.25, 0.3) is 11.8 Å². The van der Waals surface area contributed by atoms with E-state index in [1.807, 2.05) is 12.1 Å². The first kappa shape index (κ1) is 37.5. The zero-order valence-corrected chi connectivity index (χ0v) is 25.8. The van der Waals surface area contributed by atoms with E-state index in [-0.39, 0.29) is 17.0 Å². The second-order valence-corrected chi connectivity index (χ2v) is 10.2. The first-order valence-corrected chi connectivity index (χ1v) is 14.7. The van der Waals surface area contributed by atoms with E-state index in [0.29, 0.717) is 10.2 Å². The Labute approximate surface area is 262 Å². The number of hydrogen-bond acceptors (Lipinski definition) is 8. The number of para-hydroxylation sites is 4. The molecule has 0 spiro atoms. The molecule has 2 aliphatic heterocycles. The van der Waals surface area contributed by atoms with Gasteiger partial charge in [-0.2, -0.15) is 0 Å². The maximum Gasteiger partial charge on any atom is 0.426 e. The molecule has 0 saturated carbocycles. The Morgan fingerprint density at radius 1 is 0.761 bits per heavy atom. The molecule has 2 saturated heterocycles. The Kier molecular flexibility index (Phi) is 15.5. The van der Waals surface area contributed by atoms with Crippen LogP contribution in [0.4, 0.5) is 13.2 Å². The van der Waals surface area contributed by atoms with Crippen molar-refractivity contribution in [3.63, 3.8) is 0 Å². The lowest BCUT2D eigenvalue weighted by Gasteiger charge is -2.15. The summed E-state index contributed by atoms with van der Waals surface area (Å²) >= 11 is 0. The maximum atomic E-state index is 12.8. The predicted molar refractivity (Wildman–Crippen MR) is 165 cm³/mol. The third kappa shape index (κ3) is 12.0. The van der Waals surface area contributed by atoms with Crippen LogP contribution in [0.1, 0.15) is 51.2 Å². The molecular weight excluding hydrogens is 613 g/mol. The summed E-state index contributed by atoms with van der Waals surface area (Å²) in [5, 5.41) is 10.8. The number of aliphatic carboxylic acids is 1. The van der Waals surface area contributed by atoms with Crippen molar-refractivity contribution in [1.82, 2.24) is 19.8 Å². The third-order valence-corrected chi connectivity index (χ3v) is 6.43. The van der Waals surface area contributed by atoms with Gasteiger partial charge in [-0.15, -0.1) is 0 Å². The number of carboxylic acids is 1. The van der Waals surface area contributed by atoms with Gasteiger partial charge in [0.05, 0.1) is 11.0 Å². The number of rotatable bonds is 3. The molecule has 12 nitrogen and oxygen atoms in total. The Balaban J connectivity index is 0.000000211. The van der Waals surface area contributed by atoms with Gasteiger partial charge in [0.1, 0.15) is 0 Å². The number of alkyl halides is 3. The molecule has 3 unspecified atom stereocenters. The largest absolute Gasteiger partial charge is 0.479 e. The summed E-state index contributed by atoms with van der Waals surface area (Å²) in [5.74, 6) is -3.93.